The van der Waals surface area contributed by atoms with Gasteiger partial charge >= 0.3 is 0 Å². The quantitative estimate of drug-likeness (QED) is 0.487. The molecule has 0 saturated carbocycles. The zero-order chi connectivity index (χ0) is 9.94. The Hall–Kier alpha value is -0.373. The van der Waals surface area contributed by atoms with Crippen LogP contribution in [0.2, 0.25) is 19.6 Å². The summed E-state index contributed by atoms with van der Waals surface area (Å²) in [5, 5.41) is 1.08. The molecular weight excluding hydrogens is 164 g/mol. The zero-order valence-electron chi connectivity index (χ0n) is 9.06. The first-order valence-corrected chi connectivity index (χ1v) is 7.98. The van der Waals surface area contributed by atoms with Crippen molar-refractivity contribution in [2.75, 3.05) is 0 Å². The van der Waals surface area contributed by atoms with Gasteiger partial charge in [-0.2, -0.15) is 0 Å². The molecule has 0 heterocycles. The maximum Gasteiger partial charge on any atom is 0.151 e. The fraction of sp³-hybridized carbons (Fsp3) is 0.700. The van der Waals surface area contributed by atoms with Gasteiger partial charge in [0, 0.05) is 0 Å². The van der Waals surface area contributed by atoms with E-state index in [2.05, 4.69) is 39.6 Å². The van der Waals surface area contributed by atoms with Crippen LogP contribution in [0.15, 0.2) is 11.3 Å². The Morgan fingerprint density at radius 2 is 1.67 bits per heavy atom. The van der Waals surface area contributed by atoms with Crippen molar-refractivity contribution in [3.05, 3.63) is 11.3 Å². The molecule has 0 aliphatic heterocycles. The molecule has 0 N–H and O–H groups in total. The molecule has 0 saturated heterocycles. The van der Waals surface area contributed by atoms with Crippen LogP contribution in [-0.2, 0) is 4.79 Å². The van der Waals surface area contributed by atoms with Crippen LogP contribution in [0.25, 0.3) is 0 Å². The molecule has 0 aromatic rings. The van der Waals surface area contributed by atoms with Crippen LogP contribution in [0.4, 0.5) is 0 Å². The third-order valence-electron chi connectivity index (χ3n) is 1.69. The first-order valence-electron chi connectivity index (χ1n) is 4.48. The van der Waals surface area contributed by atoms with Gasteiger partial charge in [-0.05, 0) is 18.0 Å². The predicted molar refractivity (Wildman–Crippen MR) is 56.9 cm³/mol. The zero-order valence-corrected chi connectivity index (χ0v) is 10.1. The summed E-state index contributed by atoms with van der Waals surface area (Å²) in [6, 6.07) is 0. The van der Waals surface area contributed by atoms with E-state index in [0.717, 1.165) is 5.20 Å². The Morgan fingerprint density at radius 1 is 1.25 bits per heavy atom. The molecule has 0 spiro atoms. The number of allylic oxidation sites excluding steroid dienone is 2. The van der Waals surface area contributed by atoms with E-state index in [1.54, 1.807) is 6.92 Å². The Morgan fingerprint density at radius 3 is 1.75 bits per heavy atom. The molecule has 70 valence electrons. The predicted octanol–water partition coefficient (Wildman–Crippen LogP) is 3.04. The normalized spacial score (nSPS) is 13.8. The molecule has 2 heteroatoms. The monoisotopic (exact) mass is 184 g/mol. The van der Waals surface area contributed by atoms with Gasteiger partial charge in [-0.1, -0.05) is 39.6 Å². The molecule has 0 radical (unpaired) electrons. The minimum Gasteiger partial charge on any atom is -0.295 e. The largest absolute Gasteiger partial charge is 0.295 e. The number of carbonyl (C=O) groups excluding carboxylic acids is 1. The molecule has 0 atom stereocenters. The van der Waals surface area contributed by atoms with Gasteiger partial charge in [0.25, 0.3) is 0 Å². The Kier molecular flexibility index (Phi) is 3.91. The molecule has 1 nitrogen and oxygen atoms in total. The average Bonchev–Trinajstić information content (AvgIpc) is 1.79. The Balaban J connectivity index is 4.81. The molecule has 0 aromatic carbocycles. The summed E-state index contributed by atoms with van der Waals surface area (Å²) in [5.74, 6) is 0.735. The van der Waals surface area contributed by atoms with Gasteiger partial charge in [0.05, 0.1) is 8.07 Å². The van der Waals surface area contributed by atoms with Crippen molar-refractivity contribution in [1.29, 1.82) is 0 Å². The molecule has 12 heavy (non-hydrogen) atoms. The van der Waals surface area contributed by atoms with Crippen molar-refractivity contribution in [1.82, 2.24) is 0 Å². The van der Waals surface area contributed by atoms with Gasteiger partial charge < -0.3 is 0 Å². The third kappa shape index (κ3) is 3.86. The van der Waals surface area contributed by atoms with Crippen LogP contribution in [0.5, 0.6) is 0 Å². The maximum absolute atomic E-state index is 11.3. The van der Waals surface area contributed by atoms with E-state index in [0.29, 0.717) is 5.92 Å². The van der Waals surface area contributed by atoms with Crippen molar-refractivity contribution in [2.24, 2.45) is 5.92 Å². The average molecular weight is 184 g/mol. The van der Waals surface area contributed by atoms with Gasteiger partial charge in [-0.25, -0.2) is 0 Å². The van der Waals surface area contributed by atoms with Gasteiger partial charge in [0.1, 0.15) is 0 Å². The standard InChI is InChI=1S/C10H20OSi/c1-8(2)7-10(9(3)11)12(4,5)6/h7-8H,1-6H3/b10-7+. The summed E-state index contributed by atoms with van der Waals surface area (Å²) in [7, 11) is -1.40. The molecule has 0 aliphatic carbocycles. The number of ketones is 1. The molecule has 0 aliphatic rings. The maximum atomic E-state index is 11.3. The van der Waals surface area contributed by atoms with Crippen LogP contribution >= 0.6 is 0 Å². The molecule has 0 amide bonds. The number of hydrogen-bond acceptors (Lipinski definition) is 1. The van der Waals surface area contributed by atoms with E-state index in [9.17, 15) is 4.79 Å². The van der Waals surface area contributed by atoms with Crippen LogP contribution in [-0.4, -0.2) is 13.9 Å². The van der Waals surface area contributed by atoms with Crippen molar-refractivity contribution in [3.63, 3.8) is 0 Å². The SMILES string of the molecule is CC(=O)/C(=C\C(C)C)[Si](C)(C)C. The molecule has 0 unspecified atom stereocenters. The topological polar surface area (TPSA) is 17.1 Å². The van der Waals surface area contributed by atoms with Crippen LogP contribution in [0.3, 0.4) is 0 Å². The first-order chi connectivity index (χ1) is 5.25. The van der Waals surface area contributed by atoms with Crippen LogP contribution in [0.1, 0.15) is 20.8 Å². The fourth-order valence-corrected chi connectivity index (χ4v) is 3.12. The highest BCUT2D eigenvalue weighted by Crippen LogP contribution is 2.17. The first kappa shape index (κ1) is 11.6. The fourth-order valence-electron chi connectivity index (χ4n) is 1.23. The van der Waals surface area contributed by atoms with E-state index in [1.807, 2.05) is 0 Å². The van der Waals surface area contributed by atoms with Crippen molar-refractivity contribution < 1.29 is 4.79 Å². The molecule has 0 bridgehead atoms. The summed E-state index contributed by atoms with van der Waals surface area (Å²) in [4.78, 5) is 11.3. The van der Waals surface area contributed by atoms with Gasteiger partial charge in [0.15, 0.2) is 5.78 Å². The number of carbonyl (C=O) groups is 1. The lowest BCUT2D eigenvalue weighted by Gasteiger charge is -2.19. The minimum absolute atomic E-state index is 0.253. The van der Waals surface area contributed by atoms with Crippen molar-refractivity contribution in [2.45, 2.75) is 40.4 Å². The second-order valence-electron chi connectivity index (χ2n) is 4.63. The van der Waals surface area contributed by atoms with Crippen molar-refractivity contribution in [3.8, 4) is 0 Å². The van der Waals surface area contributed by atoms with E-state index in [-0.39, 0.29) is 5.78 Å². The number of rotatable bonds is 3. The van der Waals surface area contributed by atoms with Gasteiger partial charge in [0.2, 0.25) is 0 Å². The van der Waals surface area contributed by atoms with Gasteiger partial charge in [-0.3, -0.25) is 4.79 Å². The Bertz CT molecular complexity index is 196. The Labute approximate surface area is 76.9 Å². The summed E-state index contributed by atoms with van der Waals surface area (Å²) in [6.45, 7) is 12.5. The lowest BCUT2D eigenvalue weighted by molar-refractivity contribution is -0.113. The summed E-state index contributed by atoms with van der Waals surface area (Å²) in [5.41, 5.74) is 0. The van der Waals surface area contributed by atoms with E-state index in [4.69, 9.17) is 0 Å². The number of Topliss-reactive ketones (excluding diaryl/α,β-unsaturated/α-hetero) is 1. The van der Waals surface area contributed by atoms with E-state index >= 15 is 0 Å². The van der Waals surface area contributed by atoms with Crippen LogP contribution < -0.4 is 0 Å². The second kappa shape index (κ2) is 4.03. The molecular formula is C10H20OSi. The molecule has 0 fully saturated rings. The lowest BCUT2D eigenvalue weighted by Crippen LogP contribution is -2.28. The van der Waals surface area contributed by atoms with Gasteiger partial charge in [-0.15, -0.1) is 0 Å². The number of hydrogen-bond donors (Lipinski definition) is 0. The highest BCUT2D eigenvalue weighted by Gasteiger charge is 2.22. The highest BCUT2D eigenvalue weighted by molar-refractivity contribution is 6.87. The van der Waals surface area contributed by atoms with E-state index < -0.39 is 8.07 Å². The lowest BCUT2D eigenvalue weighted by atomic mass is 10.2. The molecule has 0 rings (SSSR count). The molecule has 0 aromatic heterocycles. The summed E-state index contributed by atoms with van der Waals surface area (Å²) >= 11 is 0. The third-order valence-corrected chi connectivity index (χ3v) is 3.82. The second-order valence-corrected chi connectivity index (χ2v) is 9.67. The smallest absolute Gasteiger partial charge is 0.151 e. The summed E-state index contributed by atoms with van der Waals surface area (Å²) in [6.07, 6.45) is 2.12. The minimum atomic E-state index is -1.40. The highest BCUT2D eigenvalue weighted by atomic mass is 28.3. The van der Waals surface area contributed by atoms with E-state index in [1.165, 1.54) is 0 Å². The van der Waals surface area contributed by atoms with Crippen molar-refractivity contribution >= 4 is 13.9 Å². The summed E-state index contributed by atoms with van der Waals surface area (Å²) < 4.78 is 0. The van der Waals surface area contributed by atoms with Crippen LogP contribution in [0, 0.1) is 5.92 Å².